The summed E-state index contributed by atoms with van der Waals surface area (Å²) in [5.41, 5.74) is 3.75. The number of aryl methyl sites for hydroxylation is 1. The average Bonchev–Trinajstić information content (AvgIpc) is 2.87. The van der Waals surface area contributed by atoms with Crippen molar-refractivity contribution in [3.05, 3.63) is 53.6 Å². The van der Waals surface area contributed by atoms with Gasteiger partial charge in [0.25, 0.3) is 0 Å². The van der Waals surface area contributed by atoms with Crippen LogP contribution in [-0.2, 0) is 6.54 Å². The minimum Gasteiger partial charge on any atom is -0.348 e. The minimum absolute atomic E-state index is 0.476. The van der Waals surface area contributed by atoms with Gasteiger partial charge in [0.15, 0.2) is 0 Å². The first kappa shape index (κ1) is 13.3. The number of aromatic nitrogens is 2. The van der Waals surface area contributed by atoms with Crippen molar-refractivity contribution in [2.75, 3.05) is 26.7 Å². The van der Waals surface area contributed by atoms with Crippen LogP contribution in [-0.4, -0.2) is 46.4 Å². The lowest BCUT2D eigenvalue weighted by Crippen LogP contribution is -2.46. The second-order valence-corrected chi connectivity index (χ2v) is 5.62. The highest BCUT2D eigenvalue weighted by Gasteiger charge is 2.25. The second kappa shape index (κ2) is 5.77. The zero-order chi connectivity index (χ0) is 13.9. The van der Waals surface area contributed by atoms with E-state index in [2.05, 4.69) is 64.1 Å². The number of rotatable bonds is 3. The Morgan fingerprint density at radius 3 is 2.75 bits per heavy atom. The summed E-state index contributed by atoms with van der Waals surface area (Å²) >= 11 is 0. The monoisotopic (exact) mass is 270 g/mol. The van der Waals surface area contributed by atoms with Crippen molar-refractivity contribution in [2.24, 2.45) is 0 Å². The lowest BCUT2D eigenvalue weighted by atomic mass is 10.0. The van der Waals surface area contributed by atoms with Crippen LogP contribution in [0.25, 0.3) is 0 Å². The number of hydrogen-bond donors (Lipinski definition) is 1. The molecule has 1 fully saturated rings. The maximum atomic E-state index is 4.42. The Hall–Kier alpha value is -1.65. The van der Waals surface area contributed by atoms with E-state index in [0.717, 1.165) is 26.2 Å². The SMILES string of the molecule is Cc1[nH]cnc1CN1CCN(C)C(c2ccccc2)C1. The van der Waals surface area contributed by atoms with Gasteiger partial charge >= 0.3 is 0 Å². The number of nitrogens with zero attached hydrogens (tertiary/aromatic N) is 3. The van der Waals surface area contributed by atoms with Crippen molar-refractivity contribution < 1.29 is 0 Å². The third-order valence-corrected chi connectivity index (χ3v) is 4.22. The number of piperazine rings is 1. The number of nitrogens with one attached hydrogen (secondary N) is 1. The van der Waals surface area contributed by atoms with E-state index in [0.29, 0.717) is 6.04 Å². The van der Waals surface area contributed by atoms with E-state index in [1.807, 2.05) is 0 Å². The third kappa shape index (κ3) is 2.76. The Morgan fingerprint density at radius 1 is 1.25 bits per heavy atom. The standard InChI is InChI=1S/C16H22N4/c1-13-15(18-12-17-13)10-20-9-8-19(2)16(11-20)14-6-4-3-5-7-14/h3-7,12,16H,8-11H2,1-2H3,(H,17,18). The third-order valence-electron chi connectivity index (χ3n) is 4.22. The molecule has 1 aromatic carbocycles. The lowest BCUT2D eigenvalue weighted by Gasteiger charge is -2.39. The first-order valence-corrected chi connectivity index (χ1v) is 7.20. The average molecular weight is 270 g/mol. The predicted molar refractivity (Wildman–Crippen MR) is 80.4 cm³/mol. The normalized spacial score (nSPS) is 21.2. The maximum Gasteiger partial charge on any atom is 0.0925 e. The van der Waals surface area contributed by atoms with Crippen molar-refractivity contribution in [1.82, 2.24) is 19.8 Å². The first-order valence-electron chi connectivity index (χ1n) is 7.20. The van der Waals surface area contributed by atoms with Crippen LogP contribution < -0.4 is 0 Å². The number of likely N-dealkylation sites (N-methyl/N-ethyl adjacent to an activating group) is 1. The van der Waals surface area contributed by atoms with Crippen LogP contribution in [0.15, 0.2) is 36.7 Å². The molecule has 1 aromatic heterocycles. The van der Waals surface area contributed by atoms with Crippen molar-refractivity contribution in [3.63, 3.8) is 0 Å². The molecule has 1 atom stereocenters. The van der Waals surface area contributed by atoms with Gasteiger partial charge in [0, 0.05) is 37.9 Å². The van der Waals surface area contributed by atoms with Crippen LogP contribution in [0.1, 0.15) is 23.0 Å². The molecule has 2 aromatic rings. The molecule has 0 saturated carbocycles. The van der Waals surface area contributed by atoms with Gasteiger partial charge < -0.3 is 4.98 Å². The Morgan fingerprint density at radius 2 is 2.05 bits per heavy atom. The van der Waals surface area contributed by atoms with E-state index in [1.54, 1.807) is 6.33 Å². The van der Waals surface area contributed by atoms with E-state index in [9.17, 15) is 0 Å². The molecular formula is C16H22N4. The highest BCUT2D eigenvalue weighted by Crippen LogP contribution is 2.24. The van der Waals surface area contributed by atoms with Crippen LogP contribution >= 0.6 is 0 Å². The first-order chi connectivity index (χ1) is 9.74. The van der Waals surface area contributed by atoms with Crippen molar-refractivity contribution in [2.45, 2.75) is 19.5 Å². The number of H-pyrrole nitrogens is 1. The summed E-state index contributed by atoms with van der Waals surface area (Å²) in [5.74, 6) is 0. The summed E-state index contributed by atoms with van der Waals surface area (Å²) in [5, 5.41) is 0. The summed E-state index contributed by atoms with van der Waals surface area (Å²) in [7, 11) is 2.22. The maximum absolute atomic E-state index is 4.42. The molecule has 1 aliphatic rings. The van der Waals surface area contributed by atoms with E-state index in [1.165, 1.54) is 17.0 Å². The van der Waals surface area contributed by atoms with Crippen LogP contribution in [0.3, 0.4) is 0 Å². The lowest BCUT2D eigenvalue weighted by molar-refractivity contribution is 0.0895. The van der Waals surface area contributed by atoms with E-state index in [4.69, 9.17) is 0 Å². The van der Waals surface area contributed by atoms with Crippen molar-refractivity contribution >= 4 is 0 Å². The van der Waals surface area contributed by atoms with Gasteiger partial charge in [0.05, 0.1) is 12.0 Å². The highest BCUT2D eigenvalue weighted by molar-refractivity contribution is 5.20. The fourth-order valence-electron chi connectivity index (χ4n) is 2.87. The topological polar surface area (TPSA) is 35.2 Å². The molecule has 4 nitrogen and oxygen atoms in total. The fraction of sp³-hybridized carbons (Fsp3) is 0.438. The van der Waals surface area contributed by atoms with E-state index < -0.39 is 0 Å². The van der Waals surface area contributed by atoms with Gasteiger partial charge in [-0.25, -0.2) is 4.98 Å². The fourth-order valence-corrected chi connectivity index (χ4v) is 2.87. The number of imidazole rings is 1. The van der Waals surface area contributed by atoms with Gasteiger partial charge in [-0.05, 0) is 19.5 Å². The number of aromatic amines is 1. The zero-order valence-electron chi connectivity index (χ0n) is 12.2. The van der Waals surface area contributed by atoms with E-state index >= 15 is 0 Å². The van der Waals surface area contributed by atoms with Gasteiger partial charge in [-0.15, -0.1) is 0 Å². The molecule has 20 heavy (non-hydrogen) atoms. The van der Waals surface area contributed by atoms with Crippen molar-refractivity contribution in [1.29, 1.82) is 0 Å². The molecule has 3 rings (SSSR count). The summed E-state index contributed by atoms with van der Waals surface area (Å²) in [6.45, 7) is 6.29. The van der Waals surface area contributed by atoms with Crippen molar-refractivity contribution in [3.8, 4) is 0 Å². The smallest absolute Gasteiger partial charge is 0.0925 e. The molecule has 0 amide bonds. The summed E-state index contributed by atoms with van der Waals surface area (Å²) in [6.07, 6.45) is 1.79. The van der Waals surface area contributed by atoms with Gasteiger partial charge in [-0.2, -0.15) is 0 Å². The van der Waals surface area contributed by atoms with Crippen LogP contribution in [0, 0.1) is 6.92 Å². The molecule has 106 valence electrons. The van der Waals surface area contributed by atoms with Gasteiger partial charge in [-0.3, -0.25) is 9.80 Å². The van der Waals surface area contributed by atoms with Crippen LogP contribution in [0.5, 0.6) is 0 Å². The Kier molecular flexibility index (Phi) is 3.85. The molecular weight excluding hydrogens is 248 g/mol. The van der Waals surface area contributed by atoms with E-state index in [-0.39, 0.29) is 0 Å². The van der Waals surface area contributed by atoms with Crippen LogP contribution in [0.2, 0.25) is 0 Å². The summed E-state index contributed by atoms with van der Waals surface area (Å²) in [4.78, 5) is 12.5. The van der Waals surface area contributed by atoms with Gasteiger partial charge in [-0.1, -0.05) is 30.3 Å². The Labute approximate surface area is 120 Å². The number of benzene rings is 1. The molecule has 1 N–H and O–H groups in total. The Balaban J connectivity index is 1.72. The molecule has 0 aliphatic carbocycles. The molecule has 1 aliphatic heterocycles. The molecule has 0 radical (unpaired) electrons. The van der Waals surface area contributed by atoms with Gasteiger partial charge in [0.1, 0.15) is 0 Å². The van der Waals surface area contributed by atoms with Crippen LogP contribution in [0.4, 0.5) is 0 Å². The quantitative estimate of drug-likeness (QED) is 0.928. The summed E-state index contributed by atoms with van der Waals surface area (Å²) < 4.78 is 0. The molecule has 1 saturated heterocycles. The Bertz CT molecular complexity index is 549. The molecule has 4 heteroatoms. The molecule has 0 spiro atoms. The molecule has 2 heterocycles. The molecule has 0 bridgehead atoms. The van der Waals surface area contributed by atoms with Gasteiger partial charge in [0.2, 0.25) is 0 Å². The largest absolute Gasteiger partial charge is 0.348 e. The molecule has 1 unspecified atom stereocenters. The predicted octanol–water partition coefficient (Wildman–Crippen LogP) is 2.21. The summed E-state index contributed by atoms with van der Waals surface area (Å²) in [6, 6.07) is 11.3. The second-order valence-electron chi connectivity index (χ2n) is 5.62. The number of hydrogen-bond acceptors (Lipinski definition) is 3. The zero-order valence-corrected chi connectivity index (χ0v) is 12.2. The minimum atomic E-state index is 0.476. The highest BCUT2D eigenvalue weighted by atomic mass is 15.3.